The minimum atomic E-state index is -0.477. The van der Waals surface area contributed by atoms with E-state index < -0.39 is 4.92 Å². The zero-order valence-electron chi connectivity index (χ0n) is 9.16. The van der Waals surface area contributed by atoms with Crippen molar-refractivity contribution in [1.29, 1.82) is 0 Å². The van der Waals surface area contributed by atoms with E-state index in [4.69, 9.17) is 0 Å². The summed E-state index contributed by atoms with van der Waals surface area (Å²) in [5, 5.41) is 13.4. The number of halogens is 2. The van der Waals surface area contributed by atoms with Crippen molar-refractivity contribution in [2.24, 2.45) is 0 Å². The second-order valence-corrected chi connectivity index (χ2v) is 5.71. The van der Waals surface area contributed by atoms with Crippen molar-refractivity contribution in [1.82, 2.24) is 0 Å². The van der Waals surface area contributed by atoms with Gasteiger partial charge in [0, 0.05) is 16.1 Å². The first-order valence-electron chi connectivity index (χ1n) is 4.72. The standard InChI is InChI=1S/C10H10Br2N2O3/c1-5-3-7(12)8(4-9(5)14(16)17)13-10(15)6(2)11/h3-4,6H,1-2H3,(H,13,15). The molecule has 0 bridgehead atoms. The van der Waals surface area contributed by atoms with Crippen molar-refractivity contribution < 1.29 is 9.72 Å². The van der Waals surface area contributed by atoms with Crippen molar-refractivity contribution in [3.8, 4) is 0 Å². The van der Waals surface area contributed by atoms with Gasteiger partial charge in [0.15, 0.2) is 0 Å². The Bertz CT molecular complexity index is 475. The summed E-state index contributed by atoms with van der Waals surface area (Å²) >= 11 is 6.38. The van der Waals surface area contributed by atoms with Crippen molar-refractivity contribution in [2.45, 2.75) is 18.7 Å². The smallest absolute Gasteiger partial charge is 0.274 e. The second-order valence-electron chi connectivity index (χ2n) is 3.48. The lowest BCUT2D eigenvalue weighted by atomic mass is 10.2. The molecule has 0 fully saturated rings. The molecule has 0 aliphatic heterocycles. The molecule has 0 aliphatic carbocycles. The lowest BCUT2D eigenvalue weighted by Crippen LogP contribution is -2.20. The molecule has 0 heterocycles. The number of carbonyl (C=O) groups excluding carboxylic acids is 1. The lowest BCUT2D eigenvalue weighted by molar-refractivity contribution is -0.385. The molecule has 1 aromatic carbocycles. The molecule has 0 radical (unpaired) electrons. The number of carbonyl (C=O) groups is 1. The first-order valence-corrected chi connectivity index (χ1v) is 6.43. The molecule has 1 amide bonds. The average Bonchev–Trinajstić information content (AvgIpc) is 2.21. The number of hydrogen-bond acceptors (Lipinski definition) is 3. The second kappa shape index (κ2) is 5.59. The van der Waals surface area contributed by atoms with Crippen LogP contribution in [0.2, 0.25) is 0 Å². The Morgan fingerprint density at radius 1 is 1.53 bits per heavy atom. The Labute approximate surface area is 115 Å². The van der Waals surface area contributed by atoms with Gasteiger partial charge in [-0.3, -0.25) is 14.9 Å². The van der Waals surface area contributed by atoms with E-state index in [1.54, 1.807) is 19.9 Å². The maximum absolute atomic E-state index is 11.5. The van der Waals surface area contributed by atoms with E-state index in [1.165, 1.54) is 6.07 Å². The van der Waals surface area contributed by atoms with Crippen LogP contribution in [0.4, 0.5) is 11.4 Å². The fourth-order valence-corrected chi connectivity index (χ4v) is 1.86. The third-order valence-corrected chi connectivity index (χ3v) is 3.17. The molecule has 0 saturated carbocycles. The Kier molecular flexibility index (Phi) is 4.64. The molecule has 1 atom stereocenters. The van der Waals surface area contributed by atoms with E-state index >= 15 is 0 Å². The highest BCUT2D eigenvalue weighted by atomic mass is 79.9. The van der Waals surface area contributed by atoms with Crippen molar-refractivity contribution in [3.05, 3.63) is 32.3 Å². The first kappa shape index (κ1) is 14.1. The Hall–Kier alpha value is -0.950. The molecule has 1 aromatic rings. The van der Waals surface area contributed by atoms with Crippen LogP contribution >= 0.6 is 31.9 Å². The Morgan fingerprint density at radius 2 is 2.12 bits per heavy atom. The maximum atomic E-state index is 11.5. The topological polar surface area (TPSA) is 72.2 Å². The Morgan fingerprint density at radius 3 is 2.59 bits per heavy atom. The number of nitrogens with zero attached hydrogens (tertiary/aromatic N) is 1. The van der Waals surface area contributed by atoms with Gasteiger partial charge in [-0.25, -0.2) is 0 Å². The van der Waals surface area contributed by atoms with Gasteiger partial charge in [0.1, 0.15) is 0 Å². The molecule has 0 spiro atoms. The molecule has 1 N–H and O–H groups in total. The summed E-state index contributed by atoms with van der Waals surface area (Å²) < 4.78 is 0.613. The highest BCUT2D eigenvalue weighted by Crippen LogP contribution is 2.30. The number of nitro groups is 1. The highest BCUT2D eigenvalue weighted by Gasteiger charge is 2.17. The third-order valence-electron chi connectivity index (χ3n) is 2.10. The van der Waals surface area contributed by atoms with Crippen molar-refractivity contribution >= 4 is 49.1 Å². The van der Waals surface area contributed by atoms with Gasteiger partial charge < -0.3 is 5.32 Å². The van der Waals surface area contributed by atoms with Crippen molar-refractivity contribution in [2.75, 3.05) is 5.32 Å². The molecule has 0 aliphatic rings. The van der Waals surface area contributed by atoms with Crippen LogP contribution < -0.4 is 5.32 Å². The van der Waals surface area contributed by atoms with Gasteiger partial charge in [-0.1, -0.05) is 15.9 Å². The zero-order valence-corrected chi connectivity index (χ0v) is 12.3. The zero-order chi connectivity index (χ0) is 13.2. The van der Waals surface area contributed by atoms with Crippen LogP contribution in [0.15, 0.2) is 16.6 Å². The maximum Gasteiger partial charge on any atom is 0.274 e. The van der Waals surface area contributed by atoms with Crippen LogP contribution in [-0.2, 0) is 4.79 Å². The van der Waals surface area contributed by atoms with Crippen LogP contribution in [0.1, 0.15) is 12.5 Å². The minimum absolute atomic E-state index is 0.0225. The SMILES string of the molecule is Cc1cc(Br)c(NC(=O)C(C)Br)cc1[N+](=O)[O-]. The van der Waals surface area contributed by atoms with Gasteiger partial charge in [-0.15, -0.1) is 0 Å². The Balaban J connectivity index is 3.12. The van der Waals surface area contributed by atoms with Crippen LogP contribution in [0, 0.1) is 17.0 Å². The van der Waals surface area contributed by atoms with E-state index in [-0.39, 0.29) is 16.4 Å². The molecule has 0 saturated heterocycles. The van der Waals surface area contributed by atoms with Gasteiger partial charge in [0.25, 0.3) is 5.69 Å². The molecule has 7 heteroatoms. The molecule has 1 unspecified atom stereocenters. The normalized spacial score (nSPS) is 12.0. The number of amides is 1. The summed E-state index contributed by atoms with van der Waals surface area (Å²) in [7, 11) is 0. The van der Waals surface area contributed by atoms with Crippen molar-refractivity contribution in [3.63, 3.8) is 0 Å². The monoisotopic (exact) mass is 364 g/mol. The summed E-state index contributed by atoms with van der Waals surface area (Å²) in [6.45, 7) is 3.31. The number of alkyl halides is 1. The van der Waals surface area contributed by atoms with E-state index in [2.05, 4.69) is 37.2 Å². The van der Waals surface area contributed by atoms with Gasteiger partial charge in [0.2, 0.25) is 5.91 Å². The molecule has 1 rings (SSSR count). The fourth-order valence-electron chi connectivity index (χ4n) is 1.19. The number of nitro benzene ring substituents is 1. The largest absolute Gasteiger partial charge is 0.324 e. The van der Waals surface area contributed by atoms with Gasteiger partial charge in [-0.05, 0) is 35.8 Å². The van der Waals surface area contributed by atoms with E-state index in [0.29, 0.717) is 15.7 Å². The van der Waals surface area contributed by atoms with E-state index in [1.807, 2.05) is 0 Å². The van der Waals surface area contributed by atoms with E-state index in [9.17, 15) is 14.9 Å². The number of aryl methyl sites for hydroxylation is 1. The van der Waals surface area contributed by atoms with Gasteiger partial charge >= 0.3 is 0 Å². The molecule has 0 aromatic heterocycles. The number of benzene rings is 1. The number of nitrogens with one attached hydrogen (secondary N) is 1. The molecule has 5 nitrogen and oxygen atoms in total. The minimum Gasteiger partial charge on any atom is -0.324 e. The van der Waals surface area contributed by atoms with Crippen LogP contribution in [0.3, 0.4) is 0 Å². The predicted molar refractivity (Wildman–Crippen MR) is 72.6 cm³/mol. The first-order chi connectivity index (χ1) is 7.82. The average molecular weight is 366 g/mol. The highest BCUT2D eigenvalue weighted by molar-refractivity contribution is 9.10. The number of anilines is 1. The third kappa shape index (κ3) is 3.50. The number of hydrogen-bond donors (Lipinski definition) is 1. The van der Waals surface area contributed by atoms with Crippen LogP contribution in [0.5, 0.6) is 0 Å². The molecular formula is C10H10Br2N2O3. The van der Waals surface area contributed by atoms with Crippen LogP contribution in [0.25, 0.3) is 0 Å². The molecule has 17 heavy (non-hydrogen) atoms. The quantitative estimate of drug-likeness (QED) is 0.507. The number of rotatable bonds is 3. The van der Waals surface area contributed by atoms with Gasteiger partial charge in [0.05, 0.1) is 15.4 Å². The molecule has 92 valence electrons. The summed E-state index contributed by atoms with van der Waals surface area (Å²) in [6, 6.07) is 2.94. The predicted octanol–water partition coefficient (Wildman–Crippen LogP) is 3.39. The summed E-state index contributed by atoms with van der Waals surface area (Å²) in [6.07, 6.45) is 0. The fraction of sp³-hybridized carbons (Fsp3) is 0.300. The van der Waals surface area contributed by atoms with Crippen LogP contribution in [-0.4, -0.2) is 15.7 Å². The lowest BCUT2D eigenvalue weighted by Gasteiger charge is -2.09. The summed E-state index contributed by atoms with van der Waals surface area (Å²) in [4.78, 5) is 21.4. The van der Waals surface area contributed by atoms with Gasteiger partial charge in [-0.2, -0.15) is 0 Å². The summed E-state index contributed by atoms with van der Waals surface area (Å²) in [5.74, 6) is -0.260. The van der Waals surface area contributed by atoms with E-state index in [0.717, 1.165) is 0 Å². The summed E-state index contributed by atoms with van der Waals surface area (Å²) in [5.41, 5.74) is 0.899. The molecular weight excluding hydrogens is 356 g/mol.